The van der Waals surface area contributed by atoms with Gasteiger partial charge in [0.05, 0.1) is 5.25 Å². The van der Waals surface area contributed by atoms with Crippen molar-refractivity contribution in [2.45, 2.75) is 18.6 Å². The number of hydrogen-bond donors (Lipinski definition) is 0. The minimum Gasteiger partial charge on any atom is -0.229 e. The fourth-order valence-corrected chi connectivity index (χ4v) is 2.38. The lowest BCUT2D eigenvalue weighted by Crippen LogP contribution is -2.03. The topological polar surface area (TPSA) is 34.1 Å². The molecule has 0 aromatic carbocycles. The third-order valence-electron chi connectivity index (χ3n) is 1.59. The van der Waals surface area contributed by atoms with Gasteiger partial charge in [-0.05, 0) is 12.3 Å². The molecule has 8 heavy (non-hydrogen) atoms. The second kappa shape index (κ2) is 1.47. The van der Waals surface area contributed by atoms with Crippen molar-refractivity contribution in [2.75, 3.05) is 6.26 Å². The van der Waals surface area contributed by atoms with Gasteiger partial charge in [-0.1, -0.05) is 6.92 Å². The normalized spacial score (nSPS) is 37.2. The number of hydrogen-bond acceptors (Lipinski definition) is 2. The van der Waals surface area contributed by atoms with Crippen LogP contribution in [-0.4, -0.2) is 19.9 Å². The van der Waals surface area contributed by atoms with E-state index in [0.717, 1.165) is 6.42 Å². The molecule has 1 aliphatic rings. The maximum atomic E-state index is 10.6. The van der Waals surface area contributed by atoms with E-state index in [1.165, 1.54) is 6.26 Å². The zero-order valence-electron chi connectivity index (χ0n) is 5.09. The van der Waals surface area contributed by atoms with E-state index in [4.69, 9.17) is 0 Å². The first-order valence-electron chi connectivity index (χ1n) is 2.70. The van der Waals surface area contributed by atoms with Crippen molar-refractivity contribution >= 4 is 9.84 Å². The fraction of sp³-hybridized carbons (Fsp3) is 1.00. The summed E-state index contributed by atoms with van der Waals surface area (Å²) in [5.74, 6) is 0.421. The number of sulfone groups is 1. The Morgan fingerprint density at radius 2 is 1.88 bits per heavy atom. The maximum absolute atomic E-state index is 10.6. The SMILES string of the molecule is C[C@H]1CC1S(C)(=O)=O. The molecule has 3 heteroatoms. The zero-order chi connectivity index (χ0) is 6.36. The molecule has 2 nitrogen and oxygen atoms in total. The van der Waals surface area contributed by atoms with Crippen molar-refractivity contribution in [1.82, 2.24) is 0 Å². The third kappa shape index (κ3) is 1.02. The molecule has 0 bridgehead atoms. The molecule has 1 unspecified atom stereocenters. The third-order valence-corrected chi connectivity index (χ3v) is 3.34. The van der Waals surface area contributed by atoms with Crippen molar-refractivity contribution in [3.8, 4) is 0 Å². The van der Waals surface area contributed by atoms with Gasteiger partial charge in [0.1, 0.15) is 0 Å². The molecule has 0 aromatic heterocycles. The minimum atomic E-state index is -2.68. The summed E-state index contributed by atoms with van der Waals surface area (Å²) in [5.41, 5.74) is 0. The van der Waals surface area contributed by atoms with Crippen LogP contribution in [0.4, 0.5) is 0 Å². The van der Waals surface area contributed by atoms with Gasteiger partial charge in [-0.3, -0.25) is 0 Å². The second-order valence-electron chi connectivity index (χ2n) is 2.58. The van der Waals surface area contributed by atoms with Crippen molar-refractivity contribution in [3.05, 3.63) is 0 Å². The molecule has 0 aromatic rings. The molecular weight excluding hydrogens is 124 g/mol. The molecule has 0 N–H and O–H groups in total. The molecule has 1 fully saturated rings. The highest BCUT2D eigenvalue weighted by Gasteiger charge is 2.40. The Bertz CT molecular complexity index is 181. The lowest BCUT2D eigenvalue weighted by Gasteiger charge is -1.87. The van der Waals surface area contributed by atoms with Crippen molar-refractivity contribution < 1.29 is 8.42 Å². The molecule has 2 atom stereocenters. The Labute approximate surface area is 49.8 Å². The molecule has 0 heterocycles. The van der Waals surface area contributed by atoms with E-state index in [-0.39, 0.29) is 5.25 Å². The minimum absolute atomic E-state index is 0.0116. The first kappa shape index (κ1) is 6.08. The van der Waals surface area contributed by atoms with Gasteiger partial charge >= 0.3 is 0 Å². The lowest BCUT2D eigenvalue weighted by molar-refractivity contribution is 0.599. The molecule has 1 saturated carbocycles. The van der Waals surface area contributed by atoms with E-state index in [2.05, 4.69) is 0 Å². The van der Waals surface area contributed by atoms with E-state index in [9.17, 15) is 8.42 Å². The zero-order valence-corrected chi connectivity index (χ0v) is 5.90. The van der Waals surface area contributed by atoms with Crippen LogP contribution in [0.1, 0.15) is 13.3 Å². The molecule has 0 spiro atoms. The van der Waals surface area contributed by atoms with E-state index in [1.807, 2.05) is 6.92 Å². The number of rotatable bonds is 1. The van der Waals surface area contributed by atoms with Crippen LogP contribution >= 0.6 is 0 Å². The van der Waals surface area contributed by atoms with Gasteiger partial charge in [0, 0.05) is 6.26 Å². The van der Waals surface area contributed by atoms with Gasteiger partial charge in [-0.2, -0.15) is 0 Å². The smallest absolute Gasteiger partial charge is 0.150 e. The molecule has 0 amide bonds. The predicted molar refractivity (Wildman–Crippen MR) is 32.4 cm³/mol. The Morgan fingerprint density at radius 1 is 1.50 bits per heavy atom. The summed E-state index contributed by atoms with van der Waals surface area (Å²) in [6.45, 7) is 1.96. The average molecular weight is 134 g/mol. The van der Waals surface area contributed by atoms with Crippen molar-refractivity contribution in [3.63, 3.8) is 0 Å². The molecule has 0 radical (unpaired) electrons. The summed E-state index contributed by atoms with van der Waals surface area (Å²) in [6.07, 6.45) is 2.18. The van der Waals surface area contributed by atoms with Gasteiger partial charge in [0.2, 0.25) is 0 Å². The van der Waals surface area contributed by atoms with Gasteiger partial charge in [0.15, 0.2) is 9.84 Å². The molecule has 1 aliphatic carbocycles. The van der Waals surface area contributed by atoms with Crippen LogP contribution in [0.3, 0.4) is 0 Å². The highest BCUT2D eigenvalue weighted by atomic mass is 32.2. The van der Waals surface area contributed by atoms with Crippen LogP contribution in [0.25, 0.3) is 0 Å². The predicted octanol–water partition coefficient (Wildman–Crippen LogP) is 0.439. The quantitative estimate of drug-likeness (QED) is 0.521. The van der Waals surface area contributed by atoms with Crippen LogP contribution in [0.2, 0.25) is 0 Å². The van der Waals surface area contributed by atoms with Gasteiger partial charge in [0.25, 0.3) is 0 Å². The van der Waals surface area contributed by atoms with Crippen LogP contribution in [-0.2, 0) is 9.84 Å². The Hall–Kier alpha value is -0.0500. The van der Waals surface area contributed by atoms with E-state index in [1.54, 1.807) is 0 Å². The van der Waals surface area contributed by atoms with Crippen LogP contribution < -0.4 is 0 Å². The molecule has 1 rings (SSSR count). The van der Waals surface area contributed by atoms with Gasteiger partial charge in [-0.25, -0.2) is 8.42 Å². The van der Waals surface area contributed by atoms with Crippen LogP contribution in [0.15, 0.2) is 0 Å². The molecule has 48 valence electrons. The summed E-state index contributed by atoms with van der Waals surface area (Å²) in [4.78, 5) is 0. The largest absolute Gasteiger partial charge is 0.229 e. The monoisotopic (exact) mass is 134 g/mol. The van der Waals surface area contributed by atoms with Gasteiger partial charge in [-0.15, -0.1) is 0 Å². The first-order chi connectivity index (χ1) is 3.52. The van der Waals surface area contributed by atoms with Crippen LogP contribution in [0, 0.1) is 5.92 Å². The Kier molecular flexibility index (Phi) is 1.11. The van der Waals surface area contributed by atoms with E-state index in [0.29, 0.717) is 5.92 Å². The summed E-state index contributed by atoms with van der Waals surface area (Å²) >= 11 is 0. The first-order valence-corrected chi connectivity index (χ1v) is 4.66. The standard InChI is InChI=1S/C5H10O2S/c1-4-3-5(4)8(2,6)7/h4-5H,3H2,1-2H3/t4-,5?/m0/s1. The van der Waals surface area contributed by atoms with Crippen molar-refractivity contribution in [2.24, 2.45) is 5.92 Å². The molecule has 0 saturated heterocycles. The Balaban J connectivity index is 2.66. The van der Waals surface area contributed by atoms with Crippen molar-refractivity contribution in [1.29, 1.82) is 0 Å². The summed E-state index contributed by atoms with van der Waals surface area (Å²) in [5, 5.41) is -0.0116. The summed E-state index contributed by atoms with van der Waals surface area (Å²) in [7, 11) is -2.68. The second-order valence-corrected chi connectivity index (χ2v) is 4.85. The highest BCUT2D eigenvalue weighted by molar-refractivity contribution is 7.91. The summed E-state index contributed by atoms with van der Waals surface area (Å²) < 4.78 is 21.2. The maximum Gasteiger partial charge on any atom is 0.150 e. The van der Waals surface area contributed by atoms with Gasteiger partial charge < -0.3 is 0 Å². The Morgan fingerprint density at radius 3 is 1.88 bits per heavy atom. The van der Waals surface area contributed by atoms with E-state index < -0.39 is 9.84 Å². The molecular formula is C5H10O2S. The fourth-order valence-electron chi connectivity index (χ4n) is 0.885. The van der Waals surface area contributed by atoms with Crippen LogP contribution in [0.5, 0.6) is 0 Å². The lowest BCUT2D eigenvalue weighted by atomic mass is 10.5. The summed E-state index contributed by atoms with van der Waals surface area (Å²) in [6, 6.07) is 0. The molecule has 0 aliphatic heterocycles. The highest BCUT2D eigenvalue weighted by Crippen LogP contribution is 2.35. The average Bonchev–Trinajstić information content (AvgIpc) is 2.13. The van der Waals surface area contributed by atoms with E-state index >= 15 is 0 Å².